The van der Waals surface area contributed by atoms with Gasteiger partial charge in [0, 0.05) is 22.5 Å². The van der Waals surface area contributed by atoms with Gasteiger partial charge in [-0.3, -0.25) is 0 Å². The molecule has 1 aromatic carbocycles. The highest BCUT2D eigenvalue weighted by atomic mass is 35.5. The number of rotatable bonds is 2. The Morgan fingerprint density at radius 2 is 2.12 bits per heavy atom. The lowest BCUT2D eigenvalue weighted by Crippen LogP contribution is -2.08. The third kappa shape index (κ3) is 4.83. The highest BCUT2D eigenvalue weighted by Crippen LogP contribution is 2.16. The van der Waals surface area contributed by atoms with Crippen molar-refractivity contribution in [2.75, 3.05) is 11.9 Å². The molecular weight excluding hydrogens is 266 g/mol. The Hall–Kier alpha value is -0.780. The van der Waals surface area contributed by atoms with E-state index in [-0.39, 0.29) is 0 Å². The van der Waals surface area contributed by atoms with Crippen LogP contribution in [-0.2, 0) is 4.74 Å². The summed E-state index contributed by atoms with van der Waals surface area (Å²) in [6.45, 7) is 2.09. The molecule has 0 aliphatic rings. The van der Waals surface area contributed by atoms with Gasteiger partial charge in [-0.15, -0.1) is 0 Å². The van der Waals surface area contributed by atoms with Gasteiger partial charge in [0.1, 0.15) is 4.32 Å². The Balaban J connectivity index is 2.45. The summed E-state index contributed by atoms with van der Waals surface area (Å²) in [4.78, 5) is 11.1. The van der Waals surface area contributed by atoms with Crippen LogP contribution >= 0.6 is 35.6 Å². The van der Waals surface area contributed by atoms with E-state index in [2.05, 4.69) is 5.32 Å². The second kappa shape index (κ2) is 6.73. The standard InChI is InChI=1S/C10H10ClNO2S2/c1-2-14-10(13)16-9(15)12-8-5-3-7(11)4-6-8/h3-6H,2H2,1H3,(H,12,15). The molecule has 1 N–H and O–H groups in total. The molecule has 0 spiro atoms. The Bertz CT molecular complexity index is 381. The van der Waals surface area contributed by atoms with Gasteiger partial charge in [0.2, 0.25) is 0 Å². The molecule has 0 amide bonds. The highest BCUT2D eigenvalue weighted by molar-refractivity contribution is 8.32. The van der Waals surface area contributed by atoms with E-state index in [0.717, 1.165) is 17.4 Å². The predicted octanol–water partition coefficient (Wildman–Crippen LogP) is 3.93. The maximum Gasteiger partial charge on any atom is 0.374 e. The zero-order valence-electron chi connectivity index (χ0n) is 8.53. The molecule has 1 aromatic rings. The number of nitrogens with one attached hydrogen (secondary N) is 1. The molecule has 0 saturated carbocycles. The van der Waals surface area contributed by atoms with Crippen molar-refractivity contribution in [3.8, 4) is 0 Å². The summed E-state index contributed by atoms with van der Waals surface area (Å²) >= 11 is 11.6. The molecule has 0 fully saturated rings. The van der Waals surface area contributed by atoms with E-state index in [0.29, 0.717) is 16.0 Å². The van der Waals surface area contributed by atoms with Crippen molar-refractivity contribution in [3.63, 3.8) is 0 Å². The van der Waals surface area contributed by atoms with Crippen molar-refractivity contribution < 1.29 is 9.53 Å². The molecule has 0 saturated heterocycles. The second-order valence-corrected chi connectivity index (χ2v) is 4.75. The Kier molecular flexibility index (Phi) is 5.59. The lowest BCUT2D eigenvalue weighted by atomic mass is 10.3. The Morgan fingerprint density at radius 1 is 1.50 bits per heavy atom. The van der Waals surface area contributed by atoms with Gasteiger partial charge in [-0.25, -0.2) is 4.79 Å². The molecule has 16 heavy (non-hydrogen) atoms. The average Bonchev–Trinajstić information content (AvgIpc) is 2.21. The third-order valence-corrected chi connectivity index (χ3v) is 2.70. The molecule has 0 bridgehead atoms. The first-order valence-corrected chi connectivity index (χ1v) is 6.13. The number of anilines is 1. The molecule has 0 heterocycles. The minimum absolute atomic E-state index is 0.343. The van der Waals surface area contributed by atoms with E-state index in [9.17, 15) is 4.79 Å². The molecule has 0 unspecified atom stereocenters. The van der Waals surface area contributed by atoms with Crippen molar-refractivity contribution in [1.29, 1.82) is 0 Å². The number of ether oxygens (including phenoxy) is 1. The summed E-state index contributed by atoms with van der Waals surface area (Å²) in [7, 11) is 0. The molecular formula is C10H10ClNO2S2. The number of halogens is 1. The quantitative estimate of drug-likeness (QED) is 0.654. The van der Waals surface area contributed by atoms with E-state index in [1.165, 1.54) is 0 Å². The van der Waals surface area contributed by atoms with Gasteiger partial charge in [-0.05, 0) is 31.2 Å². The lowest BCUT2D eigenvalue weighted by Gasteiger charge is -2.06. The van der Waals surface area contributed by atoms with Crippen molar-refractivity contribution in [2.45, 2.75) is 6.92 Å². The van der Waals surface area contributed by atoms with Crippen molar-refractivity contribution in [2.24, 2.45) is 0 Å². The SMILES string of the molecule is CCOC(=O)SC(=S)Nc1ccc(Cl)cc1. The molecule has 0 aromatic heterocycles. The topological polar surface area (TPSA) is 38.3 Å². The van der Waals surface area contributed by atoms with Gasteiger partial charge in [0.15, 0.2) is 0 Å². The van der Waals surface area contributed by atoms with E-state index in [4.69, 9.17) is 28.6 Å². The van der Waals surface area contributed by atoms with Crippen LogP contribution in [0.3, 0.4) is 0 Å². The fourth-order valence-corrected chi connectivity index (χ4v) is 1.84. The number of benzene rings is 1. The monoisotopic (exact) mass is 275 g/mol. The van der Waals surface area contributed by atoms with Gasteiger partial charge in [-0.1, -0.05) is 23.8 Å². The number of thiocarbonyl (C=S) groups is 1. The molecule has 3 nitrogen and oxygen atoms in total. The predicted molar refractivity (Wildman–Crippen MR) is 72.3 cm³/mol. The number of carbonyl (C=O) groups excluding carboxylic acids is 1. The zero-order chi connectivity index (χ0) is 12.0. The van der Waals surface area contributed by atoms with Gasteiger partial charge < -0.3 is 10.1 Å². The minimum Gasteiger partial charge on any atom is -0.458 e. The van der Waals surface area contributed by atoms with Crippen LogP contribution in [0, 0.1) is 0 Å². The largest absolute Gasteiger partial charge is 0.458 e. The molecule has 0 aliphatic heterocycles. The van der Waals surface area contributed by atoms with Crippen LogP contribution in [0.2, 0.25) is 5.02 Å². The van der Waals surface area contributed by atoms with E-state index in [1.807, 2.05) is 0 Å². The molecule has 0 atom stereocenters. The van der Waals surface area contributed by atoms with Crippen molar-refractivity contribution in [1.82, 2.24) is 0 Å². The third-order valence-electron chi connectivity index (χ3n) is 1.53. The first-order chi connectivity index (χ1) is 7.61. The van der Waals surface area contributed by atoms with E-state index < -0.39 is 5.30 Å². The van der Waals surface area contributed by atoms with Crippen LogP contribution in [0.5, 0.6) is 0 Å². The molecule has 6 heteroatoms. The van der Waals surface area contributed by atoms with Crippen molar-refractivity contribution >= 4 is 50.9 Å². The summed E-state index contributed by atoms with van der Waals surface area (Å²) in [6, 6.07) is 7.03. The maximum absolute atomic E-state index is 11.1. The van der Waals surface area contributed by atoms with E-state index in [1.54, 1.807) is 31.2 Å². The van der Waals surface area contributed by atoms with Crippen LogP contribution in [0.4, 0.5) is 10.5 Å². The first kappa shape index (κ1) is 13.3. The van der Waals surface area contributed by atoms with Crippen LogP contribution in [0.1, 0.15) is 6.92 Å². The molecule has 0 radical (unpaired) electrons. The van der Waals surface area contributed by atoms with Crippen LogP contribution in [0.25, 0.3) is 0 Å². The lowest BCUT2D eigenvalue weighted by molar-refractivity contribution is 0.182. The summed E-state index contributed by atoms with van der Waals surface area (Å²) in [5, 5.41) is 3.13. The zero-order valence-corrected chi connectivity index (χ0v) is 10.9. The minimum atomic E-state index is -0.408. The fraction of sp³-hybridized carbons (Fsp3) is 0.200. The smallest absolute Gasteiger partial charge is 0.374 e. The van der Waals surface area contributed by atoms with Gasteiger partial charge >= 0.3 is 5.30 Å². The summed E-state index contributed by atoms with van der Waals surface area (Å²) in [6.07, 6.45) is 0. The number of hydrogen-bond acceptors (Lipinski definition) is 4. The van der Waals surface area contributed by atoms with Gasteiger partial charge in [0.05, 0.1) is 6.61 Å². The summed E-state index contributed by atoms with van der Waals surface area (Å²) in [5.74, 6) is 0. The molecule has 0 aliphatic carbocycles. The average molecular weight is 276 g/mol. The highest BCUT2D eigenvalue weighted by Gasteiger charge is 2.07. The summed E-state index contributed by atoms with van der Waals surface area (Å²) < 4.78 is 5.09. The number of carbonyl (C=O) groups is 1. The van der Waals surface area contributed by atoms with Crippen LogP contribution in [-0.4, -0.2) is 16.2 Å². The number of thioether (sulfide) groups is 1. The number of hydrogen-bond donors (Lipinski definition) is 1. The molecule has 86 valence electrons. The second-order valence-electron chi connectivity index (χ2n) is 2.70. The van der Waals surface area contributed by atoms with Crippen LogP contribution in [0.15, 0.2) is 24.3 Å². The van der Waals surface area contributed by atoms with Crippen molar-refractivity contribution in [3.05, 3.63) is 29.3 Å². The fourth-order valence-electron chi connectivity index (χ4n) is 0.900. The van der Waals surface area contributed by atoms with Crippen LogP contribution < -0.4 is 5.32 Å². The first-order valence-electron chi connectivity index (χ1n) is 4.53. The van der Waals surface area contributed by atoms with Gasteiger partial charge in [0.25, 0.3) is 0 Å². The van der Waals surface area contributed by atoms with E-state index >= 15 is 0 Å². The maximum atomic E-state index is 11.1. The summed E-state index contributed by atoms with van der Waals surface area (Å²) in [5.41, 5.74) is 0.784. The van der Waals surface area contributed by atoms with Gasteiger partial charge in [-0.2, -0.15) is 0 Å². The molecule has 1 rings (SSSR count). The Morgan fingerprint density at radius 3 is 2.69 bits per heavy atom. The Labute approximate surface area is 109 Å². The normalized spacial score (nSPS) is 9.62.